The van der Waals surface area contributed by atoms with E-state index >= 15 is 0 Å². The number of carbonyl (C=O) groups excluding carboxylic acids is 2. The van der Waals surface area contributed by atoms with Crippen LogP contribution < -0.4 is 9.47 Å². The summed E-state index contributed by atoms with van der Waals surface area (Å²) in [6.07, 6.45) is 1.64. The van der Waals surface area contributed by atoms with E-state index in [9.17, 15) is 19.7 Å². The molecule has 3 rings (SSSR count). The zero-order valence-corrected chi connectivity index (χ0v) is 17.3. The number of rotatable bonds is 8. The van der Waals surface area contributed by atoms with Gasteiger partial charge in [0.1, 0.15) is 0 Å². The fourth-order valence-electron chi connectivity index (χ4n) is 2.85. The molecule has 1 heterocycles. The SMILES string of the molecule is CCOc1ccc(/C=C2\SC(=O)N(Cc3ccc([N+](=O)[O-])cc3)C2=O)cc1OCC. The molecule has 1 aliphatic rings. The Morgan fingerprint density at radius 2 is 1.70 bits per heavy atom. The highest BCUT2D eigenvalue weighted by Gasteiger charge is 2.35. The van der Waals surface area contributed by atoms with Gasteiger partial charge in [-0.2, -0.15) is 0 Å². The monoisotopic (exact) mass is 428 g/mol. The lowest BCUT2D eigenvalue weighted by Gasteiger charge is -2.12. The van der Waals surface area contributed by atoms with Gasteiger partial charge in [-0.05, 0) is 54.9 Å². The van der Waals surface area contributed by atoms with Gasteiger partial charge >= 0.3 is 0 Å². The van der Waals surface area contributed by atoms with Crippen molar-refractivity contribution in [3.63, 3.8) is 0 Å². The van der Waals surface area contributed by atoms with Crippen LogP contribution in [-0.4, -0.2) is 34.2 Å². The molecule has 156 valence electrons. The number of carbonyl (C=O) groups is 2. The van der Waals surface area contributed by atoms with E-state index in [-0.39, 0.29) is 17.5 Å². The van der Waals surface area contributed by atoms with E-state index < -0.39 is 10.8 Å². The van der Waals surface area contributed by atoms with Crippen molar-refractivity contribution in [2.24, 2.45) is 0 Å². The lowest BCUT2D eigenvalue weighted by atomic mass is 10.1. The maximum atomic E-state index is 12.7. The predicted octanol–water partition coefficient (Wildman–Crippen LogP) is 4.63. The number of amides is 2. The van der Waals surface area contributed by atoms with E-state index in [2.05, 4.69) is 0 Å². The molecule has 0 atom stereocenters. The molecule has 2 aromatic carbocycles. The molecule has 8 nitrogen and oxygen atoms in total. The lowest BCUT2D eigenvalue weighted by molar-refractivity contribution is -0.384. The summed E-state index contributed by atoms with van der Waals surface area (Å²) in [6, 6.07) is 11.1. The lowest BCUT2D eigenvalue weighted by Crippen LogP contribution is -2.27. The summed E-state index contributed by atoms with van der Waals surface area (Å²) in [5.41, 5.74) is 1.29. The Labute approximate surface area is 177 Å². The van der Waals surface area contributed by atoms with Crippen LogP contribution >= 0.6 is 11.8 Å². The average Bonchev–Trinajstić information content (AvgIpc) is 2.98. The molecule has 0 radical (unpaired) electrons. The van der Waals surface area contributed by atoms with Crippen LogP contribution in [0, 0.1) is 10.1 Å². The van der Waals surface area contributed by atoms with Crippen LogP contribution in [-0.2, 0) is 11.3 Å². The zero-order chi connectivity index (χ0) is 21.7. The number of nitro groups is 1. The summed E-state index contributed by atoms with van der Waals surface area (Å²) in [7, 11) is 0. The fourth-order valence-corrected chi connectivity index (χ4v) is 3.69. The second-order valence-electron chi connectivity index (χ2n) is 6.26. The van der Waals surface area contributed by atoms with Crippen LogP contribution in [0.25, 0.3) is 6.08 Å². The van der Waals surface area contributed by atoms with E-state index in [1.54, 1.807) is 24.3 Å². The summed E-state index contributed by atoms with van der Waals surface area (Å²) in [4.78, 5) is 36.8. The Morgan fingerprint density at radius 1 is 1.03 bits per heavy atom. The van der Waals surface area contributed by atoms with Gasteiger partial charge in [-0.3, -0.25) is 24.6 Å². The second kappa shape index (κ2) is 9.45. The van der Waals surface area contributed by atoms with Gasteiger partial charge in [0.15, 0.2) is 11.5 Å². The summed E-state index contributed by atoms with van der Waals surface area (Å²) in [6.45, 7) is 4.76. The molecule has 1 aliphatic heterocycles. The van der Waals surface area contributed by atoms with Crippen LogP contribution in [0.1, 0.15) is 25.0 Å². The molecule has 0 N–H and O–H groups in total. The van der Waals surface area contributed by atoms with Gasteiger partial charge in [-0.15, -0.1) is 0 Å². The number of thioether (sulfide) groups is 1. The van der Waals surface area contributed by atoms with Crippen molar-refractivity contribution in [3.8, 4) is 11.5 Å². The van der Waals surface area contributed by atoms with Gasteiger partial charge < -0.3 is 9.47 Å². The Kier molecular flexibility index (Phi) is 6.73. The Bertz CT molecular complexity index is 1000. The highest BCUT2D eigenvalue weighted by atomic mass is 32.2. The largest absolute Gasteiger partial charge is 0.490 e. The van der Waals surface area contributed by atoms with Crippen molar-refractivity contribution in [2.75, 3.05) is 13.2 Å². The van der Waals surface area contributed by atoms with Gasteiger partial charge in [0, 0.05) is 12.1 Å². The number of ether oxygens (including phenoxy) is 2. The van der Waals surface area contributed by atoms with Crippen LogP contribution in [0.2, 0.25) is 0 Å². The molecule has 0 aliphatic carbocycles. The van der Waals surface area contributed by atoms with Crippen molar-refractivity contribution >= 4 is 34.7 Å². The number of benzene rings is 2. The maximum Gasteiger partial charge on any atom is 0.293 e. The summed E-state index contributed by atoms with van der Waals surface area (Å²) < 4.78 is 11.1. The van der Waals surface area contributed by atoms with Gasteiger partial charge in [-0.1, -0.05) is 18.2 Å². The Morgan fingerprint density at radius 3 is 2.33 bits per heavy atom. The highest BCUT2D eigenvalue weighted by molar-refractivity contribution is 8.18. The van der Waals surface area contributed by atoms with Gasteiger partial charge in [0.05, 0.1) is 29.6 Å². The zero-order valence-electron chi connectivity index (χ0n) is 16.5. The van der Waals surface area contributed by atoms with Crippen molar-refractivity contribution in [1.82, 2.24) is 4.90 Å². The second-order valence-corrected chi connectivity index (χ2v) is 7.26. The Balaban J connectivity index is 1.79. The van der Waals surface area contributed by atoms with Crippen LogP contribution in [0.4, 0.5) is 10.5 Å². The number of non-ortho nitro benzene ring substituents is 1. The third kappa shape index (κ3) is 4.80. The van der Waals surface area contributed by atoms with Crippen LogP contribution in [0.15, 0.2) is 47.4 Å². The predicted molar refractivity (Wildman–Crippen MR) is 113 cm³/mol. The van der Waals surface area contributed by atoms with Crippen LogP contribution in [0.5, 0.6) is 11.5 Å². The van der Waals surface area contributed by atoms with E-state index in [1.165, 1.54) is 24.3 Å². The number of nitrogens with zero attached hydrogens (tertiary/aromatic N) is 2. The first-order chi connectivity index (χ1) is 14.4. The maximum absolute atomic E-state index is 12.7. The van der Waals surface area contributed by atoms with Gasteiger partial charge in [-0.25, -0.2) is 0 Å². The minimum Gasteiger partial charge on any atom is -0.490 e. The molecule has 1 saturated heterocycles. The molecular formula is C21H20N2O6S. The third-order valence-electron chi connectivity index (χ3n) is 4.23. The molecule has 9 heteroatoms. The number of hydrogen-bond donors (Lipinski definition) is 0. The molecule has 0 aromatic heterocycles. The van der Waals surface area contributed by atoms with E-state index in [0.29, 0.717) is 40.7 Å². The molecule has 1 fully saturated rings. The molecule has 0 spiro atoms. The summed E-state index contributed by atoms with van der Waals surface area (Å²) in [5.74, 6) is 0.774. The normalized spacial score (nSPS) is 15.0. The number of imide groups is 1. The minimum absolute atomic E-state index is 0.0478. The standard InChI is InChI=1S/C21H20N2O6S/c1-3-28-17-10-7-15(11-18(17)29-4-2)12-19-20(24)22(21(25)30-19)13-14-5-8-16(9-6-14)23(26)27/h5-12H,3-4,13H2,1-2H3/b19-12-. The fraction of sp³-hybridized carbons (Fsp3) is 0.238. The molecule has 0 saturated carbocycles. The first-order valence-corrected chi connectivity index (χ1v) is 10.1. The first kappa shape index (κ1) is 21.4. The molecular weight excluding hydrogens is 408 g/mol. The van der Waals surface area contributed by atoms with Gasteiger partial charge in [0.25, 0.3) is 16.8 Å². The molecule has 30 heavy (non-hydrogen) atoms. The molecule has 0 bridgehead atoms. The minimum atomic E-state index is -0.500. The average molecular weight is 428 g/mol. The number of nitro benzene ring substituents is 1. The smallest absolute Gasteiger partial charge is 0.293 e. The topological polar surface area (TPSA) is 99.0 Å². The summed E-state index contributed by atoms with van der Waals surface area (Å²) in [5, 5.41) is 10.4. The molecule has 2 aromatic rings. The summed E-state index contributed by atoms with van der Waals surface area (Å²) >= 11 is 0.856. The quantitative estimate of drug-likeness (QED) is 0.343. The van der Waals surface area contributed by atoms with E-state index in [0.717, 1.165) is 16.7 Å². The van der Waals surface area contributed by atoms with Crippen molar-refractivity contribution < 1.29 is 24.0 Å². The first-order valence-electron chi connectivity index (χ1n) is 9.31. The van der Waals surface area contributed by atoms with E-state index in [1.807, 2.05) is 13.8 Å². The highest BCUT2D eigenvalue weighted by Crippen LogP contribution is 2.35. The Hall–Kier alpha value is -3.33. The van der Waals surface area contributed by atoms with E-state index in [4.69, 9.17) is 9.47 Å². The molecule has 0 unspecified atom stereocenters. The molecule has 2 amide bonds. The van der Waals surface area contributed by atoms with Gasteiger partial charge in [0.2, 0.25) is 0 Å². The van der Waals surface area contributed by atoms with Crippen molar-refractivity contribution in [2.45, 2.75) is 20.4 Å². The number of hydrogen-bond acceptors (Lipinski definition) is 7. The van der Waals surface area contributed by atoms with Crippen molar-refractivity contribution in [1.29, 1.82) is 0 Å². The third-order valence-corrected chi connectivity index (χ3v) is 5.13. The van der Waals surface area contributed by atoms with Crippen molar-refractivity contribution in [3.05, 3.63) is 68.6 Å². The van der Waals surface area contributed by atoms with Crippen LogP contribution in [0.3, 0.4) is 0 Å².